The van der Waals surface area contributed by atoms with E-state index in [1.165, 1.54) is 36.4 Å². The lowest BCUT2D eigenvalue weighted by atomic mass is 10.1. The minimum absolute atomic E-state index is 0.0752. The van der Waals surface area contributed by atoms with E-state index in [9.17, 15) is 14.7 Å². The maximum Gasteiger partial charge on any atom is 0.337 e. The minimum Gasteiger partial charge on any atom is -0.506 e. The molecule has 0 atom stereocenters. The van der Waals surface area contributed by atoms with Crippen molar-refractivity contribution >= 4 is 28.9 Å². The van der Waals surface area contributed by atoms with Gasteiger partial charge < -0.3 is 27.0 Å². The monoisotopic (exact) mass is 287 g/mol. The van der Waals surface area contributed by atoms with E-state index >= 15 is 0 Å². The molecule has 2 rings (SSSR count). The largest absolute Gasteiger partial charge is 0.506 e. The fraction of sp³-hybridized carbons (Fsp3) is 0. The normalized spacial score (nSPS) is 10.1. The van der Waals surface area contributed by atoms with Crippen LogP contribution in [0.5, 0.6) is 5.75 Å². The average molecular weight is 287 g/mol. The third-order valence-electron chi connectivity index (χ3n) is 2.83. The predicted octanol–water partition coefficient (Wildman–Crippen LogP) is 1.51. The molecule has 0 bridgehead atoms. The van der Waals surface area contributed by atoms with Crippen LogP contribution in [0, 0.1) is 0 Å². The van der Waals surface area contributed by atoms with E-state index in [2.05, 4.69) is 5.32 Å². The van der Waals surface area contributed by atoms with Gasteiger partial charge in [0.2, 0.25) is 0 Å². The number of nitrogens with one attached hydrogen (secondary N) is 1. The molecular formula is C14H13N3O4. The van der Waals surface area contributed by atoms with Gasteiger partial charge in [-0.3, -0.25) is 4.79 Å². The van der Waals surface area contributed by atoms with Crippen molar-refractivity contribution in [2.75, 3.05) is 16.8 Å². The van der Waals surface area contributed by atoms with Gasteiger partial charge in [-0.05, 0) is 36.4 Å². The van der Waals surface area contributed by atoms with Crippen LogP contribution in [0.2, 0.25) is 0 Å². The number of aromatic hydroxyl groups is 1. The van der Waals surface area contributed by atoms with Crippen LogP contribution >= 0.6 is 0 Å². The molecule has 7 N–H and O–H groups in total. The second-order valence-corrected chi connectivity index (χ2v) is 4.33. The topological polar surface area (TPSA) is 139 Å². The summed E-state index contributed by atoms with van der Waals surface area (Å²) in [6.07, 6.45) is 0. The van der Waals surface area contributed by atoms with Crippen molar-refractivity contribution in [3.05, 3.63) is 47.5 Å². The summed E-state index contributed by atoms with van der Waals surface area (Å²) in [6.45, 7) is 0. The number of rotatable bonds is 3. The van der Waals surface area contributed by atoms with Crippen molar-refractivity contribution < 1.29 is 19.8 Å². The Morgan fingerprint density at radius 1 is 1.00 bits per heavy atom. The molecule has 0 aromatic heterocycles. The smallest absolute Gasteiger partial charge is 0.337 e. The number of phenols is 1. The number of carbonyl (C=O) groups excluding carboxylic acids is 1. The van der Waals surface area contributed by atoms with Crippen LogP contribution in [0.3, 0.4) is 0 Å². The van der Waals surface area contributed by atoms with Crippen molar-refractivity contribution in [3.63, 3.8) is 0 Å². The van der Waals surface area contributed by atoms with Gasteiger partial charge in [0.15, 0.2) is 0 Å². The van der Waals surface area contributed by atoms with Crippen LogP contribution in [-0.4, -0.2) is 22.1 Å². The Balaban J connectivity index is 2.25. The van der Waals surface area contributed by atoms with Crippen LogP contribution in [0.15, 0.2) is 36.4 Å². The van der Waals surface area contributed by atoms with Crippen LogP contribution in [0.25, 0.3) is 0 Å². The van der Waals surface area contributed by atoms with Gasteiger partial charge in [0.25, 0.3) is 5.91 Å². The molecule has 2 aromatic rings. The third kappa shape index (κ3) is 3.03. The maximum atomic E-state index is 12.0. The van der Waals surface area contributed by atoms with E-state index in [4.69, 9.17) is 16.6 Å². The quantitative estimate of drug-likeness (QED) is 0.428. The Morgan fingerprint density at radius 3 is 2.33 bits per heavy atom. The molecule has 0 aliphatic rings. The number of carbonyl (C=O) groups is 2. The van der Waals surface area contributed by atoms with Crippen molar-refractivity contribution in [3.8, 4) is 5.75 Å². The molecule has 21 heavy (non-hydrogen) atoms. The first kappa shape index (κ1) is 14.2. The zero-order valence-electron chi connectivity index (χ0n) is 10.8. The Kier molecular flexibility index (Phi) is 3.66. The summed E-state index contributed by atoms with van der Waals surface area (Å²) in [5.74, 6) is -1.78. The van der Waals surface area contributed by atoms with Gasteiger partial charge in [-0.1, -0.05) is 0 Å². The first-order chi connectivity index (χ1) is 9.88. The molecule has 0 unspecified atom stereocenters. The van der Waals surface area contributed by atoms with Crippen LogP contribution in [-0.2, 0) is 0 Å². The van der Waals surface area contributed by atoms with E-state index in [0.717, 1.165) is 0 Å². The fourth-order valence-corrected chi connectivity index (χ4v) is 1.72. The number of benzene rings is 2. The summed E-state index contributed by atoms with van der Waals surface area (Å²) in [4.78, 5) is 23.0. The molecule has 0 aliphatic heterocycles. The van der Waals surface area contributed by atoms with Gasteiger partial charge in [-0.2, -0.15) is 0 Å². The predicted molar refractivity (Wildman–Crippen MR) is 78.3 cm³/mol. The molecule has 0 spiro atoms. The van der Waals surface area contributed by atoms with E-state index in [-0.39, 0.29) is 28.3 Å². The van der Waals surface area contributed by atoms with E-state index < -0.39 is 11.9 Å². The number of carboxylic acid groups (broad SMARTS) is 1. The molecule has 0 heterocycles. The highest BCUT2D eigenvalue weighted by Crippen LogP contribution is 2.22. The lowest BCUT2D eigenvalue weighted by Gasteiger charge is -2.08. The Labute approximate surface area is 119 Å². The third-order valence-corrected chi connectivity index (χ3v) is 2.83. The van der Waals surface area contributed by atoms with Crippen molar-refractivity contribution in [1.82, 2.24) is 0 Å². The number of aromatic carboxylic acids is 1. The van der Waals surface area contributed by atoms with Crippen molar-refractivity contribution in [1.29, 1.82) is 0 Å². The fourth-order valence-electron chi connectivity index (χ4n) is 1.72. The Bertz CT molecular complexity index is 728. The molecule has 0 radical (unpaired) electrons. The van der Waals surface area contributed by atoms with Crippen LogP contribution < -0.4 is 16.8 Å². The first-order valence-corrected chi connectivity index (χ1v) is 5.91. The molecular weight excluding hydrogens is 274 g/mol. The van der Waals surface area contributed by atoms with Gasteiger partial charge in [0.05, 0.1) is 11.3 Å². The summed E-state index contributed by atoms with van der Waals surface area (Å²) < 4.78 is 0. The van der Waals surface area contributed by atoms with Gasteiger partial charge in [0, 0.05) is 16.9 Å². The van der Waals surface area contributed by atoms with Crippen LogP contribution in [0.4, 0.5) is 17.1 Å². The van der Waals surface area contributed by atoms with E-state index in [0.29, 0.717) is 5.69 Å². The molecule has 7 heteroatoms. The second kappa shape index (κ2) is 5.41. The Morgan fingerprint density at radius 2 is 1.71 bits per heavy atom. The summed E-state index contributed by atoms with van der Waals surface area (Å²) in [5, 5.41) is 20.8. The number of phenolic OH excluding ortho intramolecular Hbond substituents is 1. The molecule has 1 amide bonds. The van der Waals surface area contributed by atoms with Crippen molar-refractivity contribution in [2.24, 2.45) is 0 Å². The average Bonchev–Trinajstić information content (AvgIpc) is 2.43. The molecule has 0 aliphatic carbocycles. The van der Waals surface area contributed by atoms with E-state index in [1.807, 2.05) is 0 Å². The van der Waals surface area contributed by atoms with Crippen LogP contribution in [0.1, 0.15) is 20.7 Å². The molecule has 0 saturated heterocycles. The summed E-state index contributed by atoms with van der Waals surface area (Å²) in [7, 11) is 0. The summed E-state index contributed by atoms with van der Waals surface area (Å²) in [5.41, 5.74) is 11.6. The number of nitrogen functional groups attached to an aromatic ring is 2. The zero-order valence-corrected chi connectivity index (χ0v) is 10.8. The number of hydrogen-bond donors (Lipinski definition) is 5. The minimum atomic E-state index is -1.18. The lowest BCUT2D eigenvalue weighted by molar-refractivity contribution is 0.0697. The molecule has 7 nitrogen and oxygen atoms in total. The lowest BCUT2D eigenvalue weighted by Crippen LogP contribution is -2.13. The molecule has 0 fully saturated rings. The number of carboxylic acids is 1. The zero-order chi connectivity index (χ0) is 15.6. The standard InChI is InChI=1S/C14H13N3O4/c15-10-3-2-8(6-9(10)14(20)21)17-13(19)7-1-4-12(18)11(16)5-7/h1-6,18H,15-16H2,(H,17,19)(H,20,21). The van der Waals surface area contributed by atoms with Gasteiger partial charge >= 0.3 is 5.97 Å². The Hall–Kier alpha value is -3.22. The number of nitrogens with two attached hydrogens (primary N) is 2. The summed E-state index contributed by atoms with van der Waals surface area (Å²) >= 11 is 0. The highest BCUT2D eigenvalue weighted by Gasteiger charge is 2.12. The maximum absolute atomic E-state index is 12.0. The SMILES string of the molecule is Nc1cc(C(=O)Nc2ccc(N)c(C(=O)O)c2)ccc1O. The second-order valence-electron chi connectivity index (χ2n) is 4.33. The van der Waals surface area contributed by atoms with Gasteiger partial charge in [-0.15, -0.1) is 0 Å². The summed E-state index contributed by atoms with van der Waals surface area (Å²) in [6, 6.07) is 8.17. The van der Waals surface area contributed by atoms with Crippen molar-refractivity contribution in [2.45, 2.75) is 0 Å². The molecule has 2 aromatic carbocycles. The highest BCUT2D eigenvalue weighted by atomic mass is 16.4. The van der Waals surface area contributed by atoms with E-state index in [1.54, 1.807) is 0 Å². The highest BCUT2D eigenvalue weighted by molar-refractivity contribution is 6.06. The molecule has 108 valence electrons. The number of amides is 1. The molecule has 0 saturated carbocycles. The number of hydrogen-bond acceptors (Lipinski definition) is 5. The van der Waals surface area contributed by atoms with Gasteiger partial charge in [0.1, 0.15) is 5.75 Å². The number of anilines is 3. The first-order valence-electron chi connectivity index (χ1n) is 5.91. The van der Waals surface area contributed by atoms with Gasteiger partial charge in [-0.25, -0.2) is 4.79 Å².